The Labute approximate surface area is 110 Å². The smallest absolute Gasteiger partial charge is 0.252 e. The Balaban J connectivity index is 2.14. The minimum atomic E-state index is 0.176. The summed E-state index contributed by atoms with van der Waals surface area (Å²) in [6.45, 7) is 1.66. The largest absolute Gasteiger partial charge is 0.496 e. The number of hydrogen-bond acceptors (Lipinski definition) is 6. The fourth-order valence-electron chi connectivity index (χ4n) is 1.51. The topological polar surface area (TPSA) is 83.4 Å². The van der Waals surface area contributed by atoms with Crippen molar-refractivity contribution in [2.24, 2.45) is 5.10 Å². The molecular weight excluding hydrogens is 244 g/mol. The van der Waals surface area contributed by atoms with E-state index in [2.05, 4.69) is 15.5 Å². The summed E-state index contributed by atoms with van der Waals surface area (Å²) in [5, 5.41) is 12.8. The van der Waals surface area contributed by atoms with E-state index in [0.717, 1.165) is 5.56 Å². The Morgan fingerprint density at radius 3 is 3.00 bits per heavy atom. The first kappa shape index (κ1) is 12.6. The van der Waals surface area contributed by atoms with Gasteiger partial charge in [0.15, 0.2) is 5.89 Å². The molecule has 6 nitrogen and oxygen atoms in total. The molecule has 0 fully saturated rings. The number of para-hydroxylation sites is 1. The maximum Gasteiger partial charge on any atom is 0.252 e. The number of ether oxygens (including phenoxy) is 1. The van der Waals surface area contributed by atoms with Gasteiger partial charge in [-0.3, -0.25) is 0 Å². The second-order valence-electron chi connectivity index (χ2n) is 3.63. The predicted octanol–water partition coefficient (Wildman–Crippen LogP) is 2.31. The molecule has 0 aliphatic heterocycles. The van der Waals surface area contributed by atoms with Gasteiger partial charge in [0.25, 0.3) is 5.88 Å². The highest BCUT2D eigenvalue weighted by molar-refractivity contribution is 5.83. The van der Waals surface area contributed by atoms with Crippen molar-refractivity contribution in [3.8, 4) is 11.8 Å². The Morgan fingerprint density at radius 1 is 1.47 bits per heavy atom. The van der Waals surface area contributed by atoms with Crippen LogP contribution in [-0.2, 0) is 0 Å². The highest BCUT2D eigenvalue weighted by atomic mass is 16.5. The molecule has 0 radical (unpaired) electrons. The lowest BCUT2D eigenvalue weighted by molar-refractivity contribution is 0.414. The zero-order chi connectivity index (χ0) is 13.7. The Kier molecular flexibility index (Phi) is 3.78. The van der Waals surface area contributed by atoms with E-state index in [1.807, 2.05) is 30.3 Å². The predicted molar refractivity (Wildman–Crippen MR) is 70.2 cm³/mol. The lowest BCUT2D eigenvalue weighted by Crippen LogP contribution is -1.94. The van der Waals surface area contributed by atoms with Crippen molar-refractivity contribution in [3.63, 3.8) is 0 Å². The fraction of sp³-hybridized carbons (Fsp3) is 0.154. The van der Waals surface area contributed by atoms with Crippen LogP contribution in [-0.4, -0.2) is 18.3 Å². The van der Waals surface area contributed by atoms with Gasteiger partial charge >= 0.3 is 0 Å². The van der Waals surface area contributed by atoms with Gasteiger partial charge in [-0.25, -0.2) is 10.4 Å². The van der Waals surface area contributed by atoms with Crippen molar-refractivity contribution >= 4 is 12.1 Å². The summed E-state index contributed by atoms with van der Waals surface area (Å²) in [5.74, 6) is 1.35. The number of methoxy groups -OCH3 is 1. The first-order chi connectivity index (χ1) is 9.24. The third-order valence-electron chi connectivity index (χ3n) is 2.35. The van der Waals surface area contributed by atoms with Gasteiger partial charge < -0.3 is 9.15 Å². The molecule has 0 bridgehead atoms. The number of anilines is 1. The summed E-state index contributed by atoms with van der Waals surface area (Å²) in [6, 6.07) is 9.37. The number of aryl methyl sites for hydroxylation is 1. The molecule has 96 valence electrons. The molecule has 0 saturated heterocycles. The summed E-state index contributed by atoms with van der Waals surface area (Å²) in [7, 11) is 1.59. The van der Waals surface area contributed by atoms with Crippen LogP contribution in [0.1, 0.15) is 17.1 Å². The number of nitrogens with one attached hydrogen (secondary N) is 1. The molecule has 0 aliphatic rings. The molecule has 1 N–H and O–H groups in total. The number of hydrogen-bond donors (Lipinski definition) is 1. The molecular formula is C13H12N4O2. The zero-order valence-corrected chi connectivity index (χ0v) is 10.5. The number of hydrazone groups is 1. The van der Waals surface area contributed by atoms with Crippen molar-refractivity contribution in [1.29, 1.82) is 5.26 Å². The number of benzene rings is 1. The Morgan fingerprint density at radius 2 is 2.26 bits per heavy atom. The van der Waals surface area contributed by atoms with Gasteiger partial charge in [-0.2, -0.15) is 10.4 Å². The van der Waals surface area contributed by atoms with Crippen LogP contribution in [0, 0.1) is 18.3 Å². The summed E-state index contributed by atoms with van der Waals surface area (Å²) < 4.78 is 10.4. The molecule has 2 rings (SSSR count). The molecule has 0 saturated carbocycles. The van der Waals surface area contributed by atoms with Crippen molar-refractivity contribution in [1.82, 2.24) is 4.98 Å². The monoisotopic (exact) mass is 256 g/mol. The van der Waals surface area contributed by atoms with E-state index in [9.17, 15) is 0 Å². The molecule has 1 aromatic carbocycles. The van der Waals surface area contributed by atoms with Crippen LogP contribution in [0.15, 0.2) is 33.8 Å². The van der Waals surface area contributed by atoms with E-state index in [1.54, 1.807) is 20.2 Å². The molecule has 0 aliphatic carbocycles. The molecule has 1 aromatic heterocycles. The molecule has 2 aromatic rings. The summed E-state index contributed by atoms with van der Waals surface area (Å²) in [6.07, 6.45) is 1.58. The fourth-order valence-corrected chi connectivity index (χ4v) is 1.51. The van der Waals surface area contributed by atoms with Crippen LogP contribution in [0.5, 0.6) is 5.75 Å². The van der Waals surface area contributed by atoms with Crippen LogP contribution in [0.4, 0.5) is 5.88 Å². The highest BCUT2D eigenvalue weighted by Crippen LogP contribution is 2.17. The van der Waals surface area contributed by atoms with E-state index in [0.29, 0.717) is 11.6 Å². The van der Waals surface area contributed by atoms with Gasteiger partial charge in [-0.1, -0.05) is 12.1 Å². The molecule has 19 heavy (non-hydrogen) atoms. The normalized spacial score (nSPS) is 10.4. The first-order valence-electron chi connectivity index (χ1n) is 5.54. The molecule has 0 atom stereocenters. The van der Waals surface area contributed by atoms with Crippen LogP contribution >= 0.6 is 0 Å². The number of aromatic nitrogens is 1. The first-order valence-corrected chi connectivity index (χ1v) is 5.54. The lowest BCUT2D eigenvalue weighted by atomic mass is 10.2. The number of rotatable bonds is 4. The second-order valence-corrected chi connectivity index (χ2v) is 3.63. The summed E-state index contributed by atoms with van der Waals surface area (Å²) in [4.78, 5) is 3.90. The molecule has 0 unspecified atom stereocenters. The van der Waals surface area contributed by atoms with Crippen LogP contribution < -0.4 is 10.2 Å². The number of nitriles is 1. The van der Waals surface area contributed by atoms with Gasteiger partial charge in [-0.15, -0.1) is 0 Å². The van der Waals surface area contributed by atoms with Gasteiger partial charge in [0, 0.05) is 12.5 Å². The van der Waals surface area contributed by atoms with E-state index in [-0.39, 0.29) is 11.6 Å². The SMILES string of the molecule is COc1ccccc1C=NNc1oc(C)nc1C#N. The van der Waals surface area contributed by atoms with E-state index in [1.165, 1.54) is 0 Å². The molecule has 6 heteroatoms. The maximum absolute atomic E-state index is 8.85. The third kappa shape index (κ3) is 2.90. The highest BCUT2D eigenvalue weighted by Gasteiger charge is 2.08. The van der Waals surface area contributed by atoms with Gasteiger partial charge in [0.05, 0.1) is 13.3 Å². The van der Waals surface area contributed by atoms with Gasteiger partial charge in [0.2, 0.25) is 5.69 Å². The standard InChI is InChI=1S/C13H12N4O2/c1-9-16-11(7-14)13(19-9)17-15-8-10-5-3-4-6-12(10)18-2/h3-6,8,17H,1-2H3. The van der Waals surface area contributed by atoms with Crippen LogP contribution in [0.3, 0.4) is 0 Å². The quantitative estimate of drug-likeness (QED) is 0.670. The lowest BCUT2D eigenvalue weighted by Gasteiger charge is -2.02. The van der Waals surface area contributed by atoms with E-state index < -0.39 is 0 Å². The Hall–Kier alpha value is -2.81. The van der Waals surface area contributed by atoms with Gasteiger partial charge in [-0.05, 0) is 12.1 Å². The van der Waals surface area contributed by atoms with Gasteiger partial charge in [0.1, 0.15) is 11.8 Å². The number of nitrogens with zero attached hydrogens (tertiary/aromatic N) is 3. The molecule has 0 spiro atoms. The maximum atomic E-state index is 8.85. The minimum absolute atomic E-state index is 0.176. The second kappa shape index (κ2) is 5.69. The minimum Gasteiger partial charge on any atom is -0.496 e. The zero-order valence-electron chi connectivity index (χ0n) is 10.5. The molecule has 1 heterocycles. The van der Waals surface area contributed by atoms with Crippen LogP contribution in [0.25, 0.3) is 0 Å². The van der Waals surface area contributed by atoms with Crippen molar-refractivity contribution in [2.75, 3.05) is 12.5 Å². The summed E-state index contributed by atoms with van der Waals surface area (Å²) in [5.41, 5.74) is 3.63. The number of oxazole rings is 1. The van der Waals surface area contributed by atoms with Crippen LogP contribution in [0.2, 0.25) is 0 Å². The van der Waals surface area contributed by atoms with Crippen molar-refractivity contribution in [3.05, 3.63) is 41.4 Å². The van der Waals surface area contributed by atoms with Crippen molar-refractivity contribution < 1.29 is 9.15 Å². The van der Waals surface area contributed by atoms with E-state index >= 15 is 0 Å². The van der Waals surface area contributed by atoms with Crippen molar-refractivity contribution in [2.45, 2.75) is 6.92 Å². The average molecular weight is 256 g/mol. The molecule has 0 amide bonds. The average Bonchev–Trinajstić information content (AvgIpc) is 2.79. The summed E-state index contributed by atoms with van der Waals surface area (Å²) >= 11 is 0. The van der Waals surface area contributed by atoms with E-state index in [4.69, 9.17) is 14.4 Å². The third-order valence-corrected chi connectivity index (χ3v) is 2.35. The Bertz CT molecular complexity index is 640.